The minimum Gasteiger partial charge on any atom is -0.467 e. The molecule has 2 aromatic rings. The van der Waals surface area contributed by atoms with E-state index >= 15 is 0 Å². The number of aromatic nitrogens is 4. The smallest absolute Gasteiger partial charge is 0.316 e. The molecule has 9 heteroatoms. The second-order valence-electron chi connectivity index (χ2n) is 5.27. The number of aromatic amines is 1. The number of ether oxygens (including phenoxy) is 2. The van der Waals surface area contributed by atoms with Crippen molar-refractivity contribution in [3.63, 3.8) is 0 Å². The normalized spacial score (nSPS) is 10.5. The van der Waals surface area contributed by atoms with E-state index in [1.165, 1.54) is 7.11 Å². The van der Waals surface area contributed by atoms with Gasteiger partial charge in [-0.1, -0.05) is 0 Å². The summed E-state index contributed by atoms with van der Waals surface area (Å²) >= 11 is 5.18. The first kappa shape index (κ1) is 18.8. The average molecular weight is 364 g/mol. The lowest BCUT2D eigenvalue weighted by molar-refractivity contribution is -0.143. The van der Waals surface area contributed by atoms with Crippen LogP contribution in [0.1, 0.15) is 30.9 Å². The topological polar surface area (TPSA) is 99.1 Å². The maximum Gasteiger partial charge on any atom is 0.316 e. The average Bonchev–Trinajstić information content (AvgIpc) is 2.59. The fraction of sp³-hybridized carbons (Fsp3) is 0.438. The molecule has 0 radical (unpaired) electrons. The summed E-state index contributed by atoms with van der Waals surface area (Å²) in [6, 6.07) is 0.271. The number of rotatable bonds is 8. The lowest BCUT2D eigenvalue weighted by Crippen LogP contribution is -2.19. The zero-order valence-corrected chi connectivity index (χ0v) is 15.0. The summed E-state index contributed by atoms with van der Waals surface area (Å²) in [5.41, 5.74) is 1.07. The minimum absolute atomic E-state index is 0.242. The molecule has 25 heavy (non-hydrogen) atoms. The van der Waals surface area contributed by atoms with E-state index < -0.39 is 0 Å². The number of nitrogens with zero attached hydrogens (tertiary/aromatic N) is 3. The first-order valence-corrected chi connectivity index (χ1v) is 8.27. The van der Waals surface area contributed by atoms with Gasteiger partial charge in [0.2, 0.25) is 0 Å². The van der Waals surface area contributed by atoms with Crippen LogP contribution in [0.25, 0.3) is 0 Å². The largest absolute Gasteiger partial charge is 0.467 e. The second kappa shape index (κ2) is 9.07. The molecule has 0 aliphatic carbocycles. The Labute approximate surface area is 149 Å². The standard InChI is InChI=1S/C16H20N4O4S/c1-3-24-13(21)5-4-6-20-10-12(14(22)19-16(20)25)7-11-8-17-15(23-2)18-9-11/h8-10H,3-7H2,1-2H3,(H,19,22,25). The van der Waals surface area contributed by atoms with Crippen molar-refractivity contribution < 1.29 is 14.3 Å². The Morgan fingerprint density at radius 1 is 1.36 bits per heavy atom. The summed E-state index contributed by atoms with van der Waals surface area (Å²) in [4.78, 5) is 34.2. The third-order valence-electron chi connectivity index (χ3n) is 3.43. The van der Waals surface area contributed by atoms with E-state index in [1.807, 2.05) is 0 Å². The highest BCUT2D eigenvalue weighted by molar-refractivity contribution is 7.71. The molecule has 8 nitrogen and oxygen atoms in total. The number of H-pyrrole nitrogens is 1. The van der Waals surface area contributed by atoms with E-state index in [-0.39, 0.29) is 17.5 Å². The molecule has 0 spiro atoms. The van der Waals surface area contributed by atoms with Gasteiger partial charge in [-0.2, -0.15) is 0 Å². The predicted molar refractivity (Wildman–Crippen MR) is 93.1 cm³/mol. The molecule has 0 aromatic carbocycles. The van der Waals surface area contributed by atoms with Gasteiger partial charge in [-0.25, -0.2) is 9.97 Å². The molecule has 0 saturated carbocycles. The van der Waals surface area contributed by atoms with Crippen LogP contribution in [-0.2, 0) is 22.5 Å². The number of esters is 1. The number of carbonyl (C=O) groups is 1. The molecular weight excluding hydrogens is 344 g/mol. The van der Waals surface area contributed by atoms with E-state index in [4.69, 9.17) is 21.7 Å². The van der Waals surface area contributed by atoms with Gasteiger partial charge in [0.05, 0.1) is 13.7 Å². The third-order valence-corrected chi connectivity index (χ3v) is 3.77. The Balaban J connectivity index is 2.09. The van der Waals surface area contributed by atoms with E-state index in [0.717, 1.165) is 5.56 Å². The molecule has 2 aromatic heterocycles. The Morgan fingerprint density at radius 3 is 2.72 bits per heavy atom. The molecular formula is C16H20N4O4S. The van der Waals surface area contributed by atoms with Crippen LogP contribution in [0.5, 0.6) is 6.01 Å². The summed E-state index contributed by atoms with van der Waals surface area (Å²) in [6.45, 7) is 2.65. The number of carbonyl (C=O) groups excluding carboxylic acids is 1. The Bertz CT molecular complexity index is 829. The third kappa shape index (κ3) is 5.49. The fourth-order valence-corrected chi connectivity index (χ4v) is 2.47. The molecule has 134 valence electrons. The van der Waals surface area contributed by atoms with Crippen LogP contribution in [0.3, 0.4) is 0 Å². The van der Waals surface area contributed by atoms with Crippen molar-refractivity contribution >= 4 is 18.2 Å². The van der Waals surface area contributed by atoms with Gasteiger partial charge in [0.1, 0.15) is 0 Å². The van der Waals surface area contributed by atoms with Gasteiger partial charge in [-0.05, 0) is 31.1 Å². The molecule has 0 fully saturated rings. The zero-order valence-electron chi connectivity index (χ0n) is 14.2. The highest BCUT2D eigenvalue weighted by Gasteiger charge is 2.07. The first-order chi connectivity index (χ1) is 12.0. The molecule has 1 N–H and O–H groups in total. The van der Waals surface area contributed by atoms with Gasteiger partial charge < -0.3 is 14.0 Å². The SMILES string of the molecule is CCOC(=O)CCCn1cc(Cc2cnc(OC)nc2)c(=O)[nH]c1=S. The van der Waals surface area contributed by atoms with Crippen molar-refractivity contribution in [3.05, 3.63) is 44.8 Å². The van der Waals surface area contributed by atoms with Gasteiger partial charge in [0, 0.05) is 43.5 Å². The monoisotopic (exact) mass is 364 g/mol. The fourth-order valence-electron chi connectivity index (χ4n) is 2.23. The Hall–Kier alpha value is -2.55. The highest BCUT2D eigenvalue weighted by Crippen LogP contribution is 2.07. The van der Waals surface area contributed by atoms with E-state index in [0.29, 0.717) is 42.7 Å². The molecule has 0 aliphatic rings. The van der Waals surface area contributed by atoms with E-state index in [1.54, 1.807) is 30.1 Å². The van der Waals surface area contributed by atoms with Gasteiger partial charge >= 0.3 is 12.0 Å². The van der Waals surface area contributed by atoms with Gasteiger partial charge in [-0.3, -0.25) is 14.6 Å². The van der Waals surface area contributed by atoms with E-state index in [2.05, 4.69) is 15.0 Å². The molecule has 2 rings (SSSR count). The first-order valence-electron chi connectivity index (χ1n) is 7.86. The van der Waals surface area contributed by atoms with Gasteiger partial charge in [0.15, 0.2) is 4.77 Å². The summed E-state index contributed by atoms with van der Waals surface area (Å²) in [7, 11) is 1.49. The van der Waals surface area contributed by atoms with Gasteiger partial charge in [0.25, 0.3) is 5.56 Å². The van der Waals surface area contributed by atoms with Crippen LogP contribution in [0.15, 0.2) is 23.4 Å². The maximum atomic E-state index is 12.1. The quantitative estimate of drug-likeness (QED) is 0.561. The van der Waals surface area contributed by atoms with Gasteiger partial charge in [-0.15, -0.1) is 0 Å². The van der Waals surface area contributed by atoms with Crippen LogP contribution >= 0.6 is 12.2 Å². The van der Waals surface area contributed by atoms with E-state index in [9.17, 15) is 9.59 Å². The molecule has 0 amide bonds. The maximum absolute atomic E-state index is 12.1. The number of aryl methyl sites for hydroxylation is 1. The molecule has 0 aliphatic heterocycles. The molecule has 0 bridgehead atoms. The number of hydrogen-bond acceptors (Lipinski definition) is 7. The van der Waals surface area contributed by atoms with Crippen LogP contribution in [-0.4, -0.2) is 39.2 Å². The molecule has 0 unspecified atom stereocenters. The second-order valence-corrected chi connectivity index (χ2v) is 5.66. The lowest BCUT2D eigenvalue weighted by Gasteiger charge is -2.09. The minimum atomic E-state index is -0.248. The summed E-state index contributed by atoms with van der Waals surface area (Å²) < 4.78 is 11.9. The van der Waals surface area contributed by atoms with Crippen molar-refractivity contribution in [3.8, 4) is 6.01 Å². The highest BCUT2D eigenvalue weighted by atomic mass is 32.1. The summed E-state index contributed by atoms with van der Waals surface area (Å²) in [5, 5.41) is 0. The van der Waals surface area contributed by atoms with Crippen molar-refractivity contribution in [2.45, 2.75) is 32.7 Å². The van der Waals surface area contributed by atoms with Crippen molar-refractivity contribution in [1.82, 2.24) is 19.5 Å². The Morgan fingerprint density at radius 2 is 2.08 bits per heavy atom. The van der Waals surface area contributed by atoms with Crippen LogP contribution in [0, 0.1) is 4.77 Å². The van der Waals surface area contributed by atoms with Crippen LogP contribution in [0.4, 0.5) is 0 Å². The molecule has 0 saturated heterocycles. The van der Waals surface area contributed by atoms with Crippen molar-refractivity contribution in [2.75, 3.05) is 13.7 Å². The Kier molecular flexibility index (Phi) is 6.81. The van der Waals surface area contributed by atoms with Crippen LogP contribution < -0.4 is 10.3 Å². The number of hydrogen-bond donors (Lipinski definition) is 1. The lowest BCUT2D eigenvalue weighted by atomic mass is 10.1. The number of nitrogens with one attached hydrogen (secondary N) is 1. The zero-order chi connectivity index (χ0) is 18.2. The molecule has 2 heterocycles. The number of methoxy groups -OCH3 is 1. The van der Waals surface area contributed by atoms with Crippen molar-refractivity contribution in [1.29, 1.82) is 0 Å². The van der Waals surface area contributed by atoms with Crippen LogP contribution in [0.2, 0.25) is 0 Å². The predicted octanol–water partition coefficient (Wildman–Crippen LogP) is 1.64. The van der Waals surface area contributed by atoms with Crippen molar-refractivity contribution in [2.24, 2.45) is 0 Å². The summed E-state index contributed by atoms with van der Waals surface area (Å²) in [6.07, 6.45) is 6.17. The molecule has 0 atom stereocenters. The summed E-state index contributed by atoms with van der Waals surface area (Å²) in [5.74, 6) is -0.242.